The third-order valence-electron chi connectivity index (χ3n) is 4.44. The van der Waals surface area contributed by atoms with E-state index >= 15 is 0 Å². The third-order valence-corrected chi connectivity index (χ3v) is 4.44. The minimum absolute atomic E-state index is 0.0304. The predicted molar refractivity (Wildman–Crippen MR) is 95.3 cm³/mol. The van der Waals surface area contributed by atoms with Gasteiger partial charge in [0.25, 0.3) is 0 Å². The molecule has 1 aromatic carbocycles. The molecule has 5 heteroatoms. The van der Waals surface area contributed by atoms with Crippen LogP contribution in [0.3, 0.4) is 0 Å². The molecule has 0 spiro atoms. The van der Waals surface area contributed by atoms with Gasteiger partial charge in [-0.25, -0.2) is 0 Å². The molecule has 0 saturated heterocycles. The quantitative estimate of drug-likeness (QED) is 0.701. The number of carbonyl (C=O) groups is 2. The van der Waals surface area contributed by atoms with E-state index in [2.05, 4.69) is 10.2 Å². The summed E-state index contributed by atoms with van der Waals surface area (Å²) in [7, 11) is 4.03. The van der Waals surface area contributed by atoms with Crippen LogP contribution in [0.15, 0.2) is 30.3 Å². The SMILES string of the molecule is CCN(Cc1ccccc1)C(=O)C1CC1C(=O)NCCCN(C)C. The Balaban J connectivity index is 1.77. The van der Waals surface area contributed by atoms with Crippen LogP contribution in [0.1, 0.15) is 25.3 Å². The highest BCUT2D eigenvalue weighted by molar-refractivity contribution is 5.92. The molecule has 1 aliphatic carbocycles. The first-order chi connectivity index (χ1) is 11.5. The highest BCUT2D eigenvalue weighted by Crippen LogP contribution is 2.40. The van der Waals surface area contributed by atoms with Crippen LogP contribution in [0.5, 0.6) is 0 Å². The van der Waals surface area contributed by atoms with Crippen LogP contribution in [-0.2, 0) is 16.1 Å². The van der Waals surface area contributed by atoms with Gasteiger partial charge in [0.15, 0.2) is 0 Å². The van der Waals surface area contributed by atoms with Gasteiger partial charge in [-0.2, -0.15) is 0 Å². The van der Waals surface area contributed by atoms with E-state index in [4.69, 9.17) is 0 Å². The first-order valence-corrected chi connectivity index (χ1v) is 8.78. The van der Waals surface area contributed by atoms with E-state index < -0.39 is 0 Å². The van der Waals surface area contributed by atoms with Crippen LogP contribution < -0.4 is 5.32 Å². The molecule has 1 aromatic rings. The monoisotopic (exact) mass is 331 g/mol. The largest absolute Gasteiger partial charge is 0.356 e. The Hall–Kier alpha value is -1.88. The molecule has 2 rings (SSSR count). The molecule has 0 bridgehead atoms. The third kappa shape index (κ3) is 5.34. The van der Waals surface area contributed by atoms with Gasteiger partial charge >= 0.3 is 0 Å². The molecular weight excluding hydrogens is 302 g/mol. The minimum atomic E-state index is -0.137. The van der Waals surface area contributed by atoms with Crippen LogP contribution in [-0.4, -0.2) is 55.3 Å². The summed E-state index contributed by atoms with van der Waals surface area (Å²) in [6, 6.07) is 9.98. The molecule has 0 aliphatic heterocycles. The Morgan fingerprint density at radius 1 is 1.17 bits per heavy atom. The lowest BCUT2D eigenvalue weighted by molar-refractivity contribution is -0.135. The number of hydrogen-bond donors (Lipinski definition) is 1. The number of amides is 2. The summed E-state index contributed by atoms with van der Waals surface area (Å²) >= 11 is 0. The molecule has 24 heavy (non-hydrogen) atoms. The van der Waals surface area contributed by atoms with Crippen LogP contribution in [0.2, 0.25) is 0 Å². The molecule has 0 aromatic heterocycles. The van der Waals surface area contributed by atoms with Crippen molar-refractivity contribution >= 4 is 11.8 Å². The zero-order valence-corrected chi connectivity index (χ0v) is 15.0. The fourth-order valence-electron chi connectivity index (χ4n) is 2.88. The van der Waals surface area contributed by atoms with Crippen molar-refractivity contribution in [2.24, 2.45) is 11.8 Å². The van der Waals surface area contributed by atoms with Gasteiger partial charge in [-0.15, -0.1) is 0 Å². The average molecular weight is 331 g/mol. The Bertz CT molecular complexity index is 545. The van der Waals surface area contributed by atoms with E-state index in [1.807, 2.05) is 56.3 Å². The van der Waals surface area contributed by atoms with E-state index in [-0.39, 0.29) is 23.7 Å². The maximum atomic E-state index is 12.6. The minimum Gasteiger partial charge on any atom is -0.356 e. The summed E-state index contributed by atoms with van der Waals surface area (Å²) in [5, 5.41) is 2.96. The topological polar surface area (TPSA) is 52.7 Å². The van der Waals surface area contributed by atoms with Crippen molar-refractivity contribution in [3.05, 3.63) is 35.9 Å². The average Bonchev–Trinajstić information content (AvgIpc) is 3.37. The maximum absolute atomic E-state index is 12.6. The van der Waals surface area contributed by atoms with E-state index in [0.717, 1.165) is 18.5 Å². The van der Waals surface area contributed by atoms with Crippen molar-refractivity contribution in [3.8, 4) is 0 Å². The zero-order chi connectivity index (χ0) is 17.5. The fourth-order valence-corrected chi connectivity index (χ4v) is 2.88. The molecule has 5 nitrogen and oxygen atoms in total. The normalized spacial score (nSPS) is 19.2. The standard InChI is InChI=1S/C19H29N3O2/c1-4-22(14-15-9-6-5-7-10-15)19(24)17-13-16(17)18(23)20-11-8-12-21(2)3/h5-7,9-10,16-17H,4,8,11-14H2,1-3H3,(H,20,23). The van der Waals surface area contributed by atoms with Crippen molar-refractivity contribution in [3.63, 3.8) is 0 Å². The molecule has 0 radical (unpaired) electrons. The Kier molecular flexibility index (Phi) is 6.79. The number of hydrogen-bond acceptors (Lipinski definition) is 3. The number of rotatable bonds is 9. The lowest BCUT2D eigenvalue weighted by Gasteiger charge is -2.21. The van der Waals surface area contributed by atoms with Gasteiger partial charge in [-0.3, -0.25) is 9.59 Å². The predicted octanol–water partition coefficient (Wildman–Crippen LogP) is 1.74. The van der Waals surface area contributed by atoms with E-state index in [1.165, 1.54) is 0 Å². The smallest absolute Gasteiger partial charge is 0.226 e. The first kappa shape index (κ1) is 18.5. The molecule has 1 fully saturated rings. The molecule has 2 atom stereocenters. The molecular formula is C19H29N3O2. The van der Waals surface area contributed by atoms with Crippen LogP contribution in [0.4, 0.5) is 0 Å². The number of benzene rings is 1. The summed E-state index contributed by atoms with van der Waals surface area (Å²) in [5.41, 5.74) is 1.12. The second-order valence-electron chi connectivity index (χ2n) is 6.73. The summed E-state index contributed by atoms with van der Waals surface area (Å²) in [4.78, 5) is 28.7. The Morgan fingerprint density at radius 2 is 1.88 bits per heavy atom. The molecule has 2 unspecified atom stereocenters. The highest BCUT2D eigenvalue weighted by Gasteiger charge is 2.49. The second kappa shape index (κ2) is 8.83. The summed E-state index contributed by atoms with van der Waals surface area (Å²) in [5.74, 6) is -0.137. The van der Waals surface area contributed by atoms with Crippen molar-refractivity contribution in [2.45, 2.75) is 26.3 Å². The molecule has 2 amide bonds. The van der Waals surface area contributed by atoms with Crippen molar-refractivity contribution < 1.29 is 9.59 Å². The van der Waals surface area contributed by atoms with E-state index in [0.29, 0.717) is 26.1 Å². The molecule has 1 N–H and O–H groups in total. The number of carbonyl (C=O) groups excluding carboxylic acids is 2. The zero-order valence-electron chi connectivity index (χ0n) is 15.0. The van der Waals surface area contributed by atoms with Gasteiger partial charge in [-0.1, -0.05) is 30.3 Å². The van der Waals surface area contributed by atoms with Gasteiger partial charge in [0, 0.05) is 19.6 Å². The Labute approximate surface area is 145 Å². The van der Waals surface area contributed by atoms with Gasteiger partial charge in [0.2, 0.25) is 11.8 Å². The van der Waals surface area contributed by atoms with Crippen LogP contribution in [0, 0.1) is 11.8 Å². The first-order valence-electron chi connectivity index (χ1n) is 8.78. The van der Waals surface area contributed by atoms with Crippen LogP contribution in [0.25, 0.3) is 0 Å². The number of nitrogens with zero attached hydrogens (tertiary/aromatic N) is 2. The van der Waals surface area contributed by atoms with Crippen molar-refractivity contribution in [1.82, 2.24) is 15.1 Å². The lowest BCUT2D eigenvalue weighted by atomic mass is 10.2. The molecule has 1 aliphatic rings. The Morgan fingerprint density at radius 3 is 2.50 bits per heavy atom. The van der Waals surface area contributed by atoms with Gasteiger partial charge in [-0.05, 0) is 46.0 Å². The highest BCUT2D eigenvalue weighted by atomic mass is 16.2. The van der Waals surface area contributed by atoms with E-state index in [1.54, 1.807) is 0 Å². The fraction of sp³-hybridized carbons (Fsp3) is 0.579. The van der Waals surface area contributed by atoms with E-state index in [9.17, 15) is 9.59 Å². The molecule has 1 saturated carbocycles. The number of nitrogens with one attached hydrogen (secondary N) is 1. The van der Waals surface area contributed by atoms with Gasteiger partial charge in [0.05, 0.1) is 11.8 Å². The maximum Gasteiger partial charge on any atom is 0.226 e. The lowest BCUT2D eigenvalue weighted by Crippen LogP contribution is -2.34. The molecule has 132 valence electrons. The van der Waals surface area contributed by atoms with Gasteiger partial charge < -0.3 is 15.1 Å². The summed E-state index contributed by atoms with van der Waals surface area (Å²) in [6.07, 6.45) is 1.61. The molecule has 0 heterocycles. The second-order valence-corrected chi connectivity index (χ2v) is 6.73. The van der Waals surface area contributed by atoms with Gasteiger partial charge in [0.1, 0.15) is 0 Å². The van der Waals surface area contributed by atoms with Crippen LogP contribution >= 0.6 is 0 Å². The van der Waals surface area contributed by atoms with Crippen molar-refractivity contribution in [2.75, 3.05) is 33.7 Å². The summed E-state index contributed by atoms with van der Waals surface area (Å²) < 4.78 is 0. The van der Waals surface area contributed by atoms with Crippen molar-refractivity contribution in [1.29, 1.82) is 0 Å². The summed E-state index contributed by atoms with van der Waals surface area (Å²) in [6.45, 7) is 4.90.